The van der Waals surface area contributed by atoms with Crippen molar-refractivity contribution in [2.24, 2.45) is 46.0 Å². The van der Waals surface area contributed by atoms with E-state index in [1.165, 1.54) is 6.42 Å². The minimum absolute atomic E-state index is 0.0557. The third kappa shape index (κ3) is 6.78. The number of fused-ring (bicyclic) bond motifs is 5. The van der Waals surface area contributed by atoms with Gasteiger partial charge < -0.3 is 16.4 Å². The maximum atomic E-state index is 12.1. The van der Waals surface area contributed by atoms with E-state index in [-0.39, 0.29) is 28.6 Å². The van der Waals surface area contributed by atoms with Crippen LogP contribution in [-0.2, 0) is 9.59 Å². The number of hydrogen-bond acceptors (Lipinski definition) is 3. The van der Waals surface area contributed by atoms with E-state index in [2.05, 4.69) is 19.9 Å². The minimum Gasteiger partial charge on any atom is -0.399 e. The highest BCUT2D eigenvalue weighted by Crippen LogP contribution is 2.65. The van der Waals surface area contributed by atoms with Crippen LogP contribution in [-0.4, -0.2) is 29.8 Å². The maximum Gasteiger partial charge on any atom is 0.246 e. The fraction of sp³-hybridized carbons (Fsp3) is 0.688. The monoisotopic (exact) mass is 513 g/mol. The Bertz CT molecular complexity index is 873. The second-order valence-corrected chi connectivity index (χ2v) is 10.9. The second-order valence-electron chi connectivity index (χ2n) is 10.9. The summed E-state index contributed by atoms with van der Waals surface area (Å²) in [7, 11) is 1.96. The number of hydrogen-bond donors (Lipinski definition) is 2. The van der Waals surface area contributed by atoms with E-state index in [1.807, 2.05) is 83.9 Å². The zero-order chi connectivity index (χ0) is 28.4. The van der Waals surface area contributed by atoms with Gasteiger partial charge in [-0.1, -0.05) is 65.8 Å². The van der Waals surface area contributed by atoms with Crippen molar-refractivity contribution in [3.8, 4) is 0 Å². The van der Waals surface area contributed by atoms with Gasteiger partial charge in [-0.25, -0.2) is 0 Å². The molecular weight excluding hydrogens is 458 g/mol. The summed E-state index contributed by atoms with van der Waals surface area (Å²) in [6, 6.07) is 0.328. The van der Waals surface area contributed by atoms with Crippen LogP contribution >= 0.6 is 0 Å². The average molecular weight is 514 g/mol. The number of carbonyl (C=O) groups is 2. The lowest BCUT2D eigenvalue weighted by atomic mass is 9.47. The molecule has 210 valence electrons. The molecule has 7 atom stereocenters. The van der Waals surface area contributed by atoms with Crippen LogP contribution in [0.15, 0.2) is 48.2 Å². The molecule has 4 rings (SSSR count). The molecule has 1 heterocycles. The van der Waals surface area contributed by atoms with Crippen LogP contribution < -0.4 is 11.5 Å². The van der Waals surface area contributed by atoms with Crippen LogP contribution in [0.3, 0.4) is 0 Å². The van der Waals surface area contributed by atoms with Crippen molar-refractivity contribution in [1.29, 1.82) is 0 Å². The second kappa shape index (κ2) is 14.6. The Morgan fingerprint density at radius 3 is 2.19 bits per heavy atom. The molecule has 3 aliphatic carbocycles. The lowest BCUT2D eigenvalue weighted by Gasteiger charge is -2.60. The fourth-order valence-corrected chi connectivity index (χ4v) is 7.66. The molecule has 6 unspecified atom stereocenters. The number of nitrogens with zero attached hydrogens (tertiary/aromatic N) is 1. The predicted octanol–water partition coefficient (Wildman–Crippen LogP) is 6.76. The Morgan fingerprint density at radius 1 is 0.973 bits per heavy atom. The smallest absolute Gasteiger partial charge is 0.246 e. The van der Waals surface area contributed by atoms with E-state index >= 15 is 0 Å². The molecule has 37 heavy (non-hydrogen) atoms. The van der Waals surface area contributed by atoms with E-state index in [0.717, 1.165) is 37.8 Å². The fourth-order valence-electron chi connectivity index (χ4n) is 7.66. The quantitative estimate of drug-likeness (QED) is 0.409. The number of amides is 2. The first-order valence-electron chi connectivity index (χ1n) is 14.6. The predicted molar refractivity (Wildman–Crippen MR) is 157 cm³/mol. The van der Waals surface area contributed by atoms with Gasteiger partial charge in [0.1, 0.15) is 0 Å². The van der Waals surface area contributed by atoms with Gasteiger partial charge in [-0.3, -0.25) is 9.59 Å². The molecule has 3 fully saturated rings. The standard InChI is InChI=1S/C20H30N2O2.C8H13N.2C2H6/c1-19-10-8-14-12(13(19)5-6-15(19)18(21)24)4-7-16-20(14,2)11-9-17(23)22(16)3;1-3-5-7-8(9)6-4-2;2*1-2/h9,11-16H,4-8,10H2,1-3H3,(H2,21,24);3-7H,9H2,1-2H3;2*1-2H3/b;5-3-,6-4-,8-7+;;/t12?,13?,14?,15?,16?,19?,20-;;;/m1.../s1. The van der Waals surface area contributed by atoms with Gasteiger partial charge in [-0.2, -0.15) is 0 Å². The minimum atomic E-state index is -0.0961. The van der Waals surface area contributed by atoms with Crippen LogP contribution in [0, 0.1) is 34.5 Å². The van der Waals surface area contributed by atoms with Crippen LogP contribution in [0.1, 0.15) is 93.9 Å². The van der Waals surface area contributed by atoms with Gasteiger partial charge in [0.15, 0.2) is 0 Å². The van der Waals surface area contributed by atoms with Gasteiger partial charge in [0.05, 0.1) is 0 Å². The summed E-state index contributed by atoms with van der Waals surface area (Å²) in [5, 5.41) is 0. The van der Waals surface area contributed by atoms with Gasteiger partial charge >= 0.3 is 0 Å². The number of nitrogens with two attached hydrogens (primary N) is 2. The Balaban J connectivity index is 0.000000448. The molecule has 0 radical (unpaired) electrons. The molecule has 2 amide bonds. The summed E-state index contributed by atoms with van der Waals surface area (Å²) >= 11 is 0. The first-order chi connectivity index (χ1) is 17.6. The highest BCUT2D eigenvalue weighted by molar-refractivity contribution is 5.89. The summed E-state index contributed by atoms with van der Waals surface area (Å²) in [6.45, 7) is 16.6. The van der Waals surface area contributed by atoms with Crippen LogP contribution in [0.4, 0.5) is 0 Å². The molecule has 0 bridgehead atoms. The zero-order valence-corrected chi connectivity index (χ0v) is 25.1. The van der Waals surface area contributed by atoms with Crippen molar-refractivity contribution >= 4 is 11.8 Å². The highest BCUT2D eigenvalue weighted by Gasteiger charge is 2.61. The van der Waals surface area contributed by atoms with Crippen molar-refractivity contribution in [2.75, 3.05) is 7.05 Å². The first-order valence-corrected chi connectivity index (χ1v) is 14.6. The number of allylic oxidation sites excluding steroid dienone is 5. The van der Waals surface area contributed by atoms with Gasteiger partial charge in [0.25, 0.3) is 0 Å². The third-order valence-electron chi connectivity index (χ3n) is 9.31. The largest absolute Gasteiger partial charge is 0.399 e. The average Bonchev–Trinajstić information content (AvgIpc) is 3.26. The van der Waals surface area contributed by atoms with Crippen molar-refractivity contribution < 1.29 is 9.59 Å². The number of carbonyl (C=O) groups excluding carboxylic acids is 2. The molecule has 3 saturated carbocycles. The normalized spacial score (nSPS) is 36.2. The molecular formula is C32H55N3O2. The Kier molecular flexibility index (Phi) is 12.9. The summed E-state index contributed by atoms with van der Waals surface area (Å²) in [6.07, 6.45) is 20.1. The first kappa shape index (κ1) is 32.7. The Hall–Kier alpha value is -2.30. The van der Waals surface area contributed by atoms with Crippen molar-refractivity contribution in [3.05, 3.63) is 48.2 Å². The summed E-state index contributed by atoms with van der Waals surface area (Å²) in [5.41, 5.74) is 12.2. The summed E-state index contributed by atoms with van der Waals surface area (Å²) in [5.74, 6) is 2.00. The SMILES string of the molecule is CC.CC.CN1C(=O)C=C[C@]2(C)C3CCC4(C)C(C(N)=O)CCC4C3CCC12.C\C=C/C=C(N)\C=C/C. The van der Waals surface area contributed by atoms with Gasteiger partial charge in [0.2, 0.25) is 11.8 Å². The molecule has 0 spiro atoms. The molecule has 4 aliphatic rings. The van der Waals surface area contributed by atoms with E-state index in [4.69, 9.17) is 11.5 Å². The molecule has 1 aliphatic heterocycles. The molecule has 5 nitrogen and oxygen atoms in total. The Morgan fingerprint density at radius 2 is 1.62 bits per heavy atom. The van der Waals surface area contributed by atoms with Gasteiger partial charge in [-0.15, -0.1) is 0 Å². The third-order valence-corrected chi connectivity index (χ3v) is 9.31. The lowest BCUT2D eigenvalue weighted by Crippen LogP contribution is -2.59. The van der Waals surface area contributed by atoms with Crippen molar-refractivity contribution in [3.63, 3.8) is 0 Å². The van der Waals surface area contributed by atoms with Crippen LogP contribution in [0.5, 0.6) is 0 Å². The van der Waals surface area contributed by atoms with Crippen molar-refractivity contribution in [1.82, 2.24) is 4.90 Å². The van der Waals surface area contributed by atoms with Gasteiger partial charge in [-0.05, 0) is 93.8 Å². The summed E-state index contributed by atoms with van der Waals surface area (Å²) in [4.78, 5) is 26.0. The van der Waals surface area contributed by atoms with Gasteiger partial charge in [0, 0.05) is 30.1 Å². The number of likely N-dealkylation sites (N-methyl/N-ethyl adjacent to an activating group) is 1. The summed E-state index contributed by atoms with van der Waals surface area (Å²) < 4.78 is 0. The lowest BCUT2D eigenvalue weighted by molar-refractivity contribution is -0.141. The molecule has 0 aromatic heterocycles. The van der Waals surface area contributed by atoms with E-state index in [9.17, 15) is 9.59 Å². The molecule has 0 aromatic carbocycles. The number of rotatable bonds is 3. The highest BCUT2D eigenvalue weighted by atomic mass is 16.2. The van der Waals surface area contributed by atoms with E-state index < -0.39 is 0 Å². The molecule has 0 aromatic rings. The number of primary amides is 1. The van der Waals surface area contributed by atoms with E-state index in [0.29, 0.717) is 23.8 Å². The van der Waals surface area contributed by atoms with E-state index in [1.54, 1.807) is 6.08 Å². The van der Waals surface area contributed by atoms with Crippen LogP contribution in [0.2, 0.25) is 0 Å². The zero-order valence-electron chi connectivity index (χ0n) is 25.1. The maximum absolute atomic E-state index is 12.1. The Labute approximate surface area is 227 Å². The molecule has 4 N–H and O–H groups in total. The topological polar surface area (TPSA) is 89.4 Å². The van der Waals surface area contributed by atoms with Crippen molar-refractivity contribution in [2.45, 2.75) is 100.0 Å². The molecule has 5 heteroatoms. The van der Waals surface area contributed by atoms with Crippen LogP contribution in [0.25, 0.3) is 0 Å². The molecule has 0 saturated heterocycles.